The van der Waals surface area contributed by atoms with Crippen molar-refractivity contribution in [3.8, 4) is 0 Å². The van der Waals surface area contributed by atoms with Crippen molar-refractivity contribution in [1.29, 1.82) is 0 Å². The van der Waals surface area contributed by atoms with Crippen molar-refractivity contribution in [1.82, 2.24) is 0 Å². The second kappa shape index (κ2) is 2.42. The van der Waals surface area contributed by atoms with E-state index in [0.29, 0.717) is 0 Å². The van der Waals surface area contributed by atoms with Crippen LogP contribution in [0.2, 0.25) is 0 Å². The molecule has 1 heterocycles. The van der Waals surface area contributed by atoms with E-state index in [-0.39, 0.29) is 0 Å². The molecule has 1 aliphatic heterocycles. The van der Waals surface area contributed by atoms with E-state index in [1.165, 1.54) is 12.2 Å². The van der Waals surface area contributed by atoms with E-state index in [4.69, 9.17) is 0 Å². The molecule has 0 N–H and O–H groups in total. The summed E-state index contributed by atoms with van der Waals surface area (Å²) in [5.41, 5.74) is -1.46. The summed E-state index contributed by atoms with van der Waals surface area (Å²) in [6, 6.07) is 0. The van der Waals surface area contributed by atoms with E-state index in [2.05, 4.69) is 4.74 Å². The van der Waals surface area contributed by atoms with E-state index >= 15 is 0 Å². The molecule has 1 unspecified atom stereocenters. The molecule has 0 aliphatic carbocycles. The van der Waals surface area contributed by atoms with Crippen molar-refractivity contribution >= 4 is 10.2 Å². The maximum Gasteiger partial charge on any atom is 0.344 e. The van der Waals surface area contributed by atoms with Crippen LogP contribution in [0.15, 0.2) is 24.5 Å². The van der Waals surface area contributed by atoms with Crippen LogP contribution in [0.4, 0.5) is 3.89 Å². The highest BCUT2D eigenvalue weighted by Crippen LogP contribution is 2.10. The predicted octanol–water partition coefficient (Wildman–Crippen LogP) is 0.712. The molecule has 0 aromatic rings. The summed E-state index contributed by atoms with van der Waals surface area (Å²) >= 11 is 0. The van der Waals surface area contributed by atoms with Crippen molar-refractivity contribution < 1.29 is 17.0 Å². The number of ether oxygens (including phenoxy) is 1. The van der Waals surface area contributed by atoms with Gasteiger partial charge in [-0.2, -0.15) is 8.42 Å². The summed E-state index contributed by atoms with van der Waals surface area (Å²) in [7, 11) is -4.59. The molecule has 5 heteroatoms. The molecule has 1 rings (SSSR count). The third-order valence-corrected chi connectivity index (χ3v) is 1.77. The number of hydrogen-bond donors (Lipinski definition) is 0. The highest BCUT2D eigenvalue weighted by Gasteiger charge is 2.22. The first kappa shape index (κ1) is 7.27. The number of allylic oxidation sites excluding steroid dienone is 2. The van der Waals surface area contributed by atoms with E-state index < -0.39 is 15.7 Å². The van der Waals surface area contributed by atoms with Crippen molar-refractivity contribution in [2.45, 2.75) is 5.44 Å². The van der Waals surface area contributed by atoms with Gasteiger partial charge in [-0.15, -0.1) is 3.89 Å². The van der Waals surface area contributed by atoms with Gasteiger partial charge in [-0.05, 0) is 12.2 Å². The summed E-state index contributed by atoms with van der Waals surface area (Å²) in [5.74, 6) is 0. The molecule has 1 atom stereocenters. The van der Waals surface area contributed by atoms with Gasteiger partial charge in [-0.1, -0.05) is 6.08 Å². The Balaban J connectivity index is 2.79. The third kappa shape index (κ3) is 1.57. The van der Waals surface area contributed by atoms with E-state index in [1.54, 1.807) is 0 Å². The molecular formula is C5H5FO3S. The topological polar surface area (TPSA) is 43.4 Å². The molecule has 0 saturated heterocycles. The van der Waals surface area contributed by atoms with Crippen LogP contribution in [-0.2, 0) is 15.0 Å². The average molecular weight is 164 g/mol. The van der Waals surface area contributed by atoms with Crippen LogP contribution >= 0.6 is 0 Å². The summed E-state index contributed by atoms with van der Waals surface area (Å²) in [6.07, 6.45) is 5.13. The van der Waals surface area contributed by atoms with Gasteiger partial charge in [-0.25, -0.2) is 0 Å². The summed E-state index contributed by atoms with van der Waals surface area (Å²) in [6.45, 7) is 0. The fourth-order valence-corrected chi connectivity index (χ4v) is 1.00. The Morgan fingerprint density at radius 1 is 1.40 bits per heavy atom. The first-order valence-electron chi connectivity index (χ1n) is 2.53. The molecule has 56 valence electrons. The van der Waals surface area contributed by atoms with E-state index in [0.717, 1.165) is 12.3 Å². The van der Waals surface area contributed by atoms with Gasteiger partial charge in [0.15, 0.2) is 0 Å². The summed E-state index contributed by atoms with van der Waals surface area (Å²) in [5, 5.41) is 0. The van der Waals surface area contributed by atoms with Gasteiger partial charge in [0.2, 0.25) is 5.44 Å². The lowest BCUT2D eigenvalue weighted by molar-refractivity contribution is 0.239. The highest BCUT2D eigenvalue weighted by atomic mass is 32.3. The molecule has 0 saturated carbocycles. The number of halogens is 1. The second-order valence-electron chi connectivity index (χ2n) is 1.69. The average Bonchev–Trinajstić information content (AvgIpc) is 1.88. The van der Waals surface area contributed by atoms with Gasteiger partial charge < -0.3 is 4.74 Å². The molecule has 0 bridgehead atoms. The molecule has 3 nitrogen and oxygen atoms in total. The minimum absolute atomic E-state index is 1.12. The van der Waals surface area contributed by atoms with Crippen molar-refractivity contribution in [2.24, 2.45) is 0 Å². The van der Waals surface area contributed by atoms with Gasteiger partial charge in [0, 0.05) is 0 Å². The first-order chi connectivity index (χ1) is 4.61. The van der Waals surface area contributed by atoms with Crippen molar-refractivity contribution in [2.75, 3.05) is 0 Å². The molecule has 0 aromatic heterocycles. The Morgan fingerprint density at radius 2 is 2.10 bits per heavy atom. The lowest BCUT2D eigenvalue weighted by Crippen LogP contribution is -2.16. The number of hydrogen-bond acceptors (Lipinski definition) is 3. The van der Waals surface area contributed by atoms with E-state index in [9.17, 15) is 12.3 Å². The number of rotatable bonds is 1. The molecular weight excluding hydrogens is 159 g/mol. The molecule has 0 spiro atoms. The third-order valence-electron chi connectivity index (χ3n) is 0.948. The highest BCUT2D eigenvalue weighted by molar-refractivity contribution is 7.87. The smallest absolute Gasteiger partial charge is 0.344 e. The van der Waals surface area contributed by atoms with Crippen molar-refractivity contribution in [3.63, 3.8) is 0 Å². The molecule has 0 amide bonds. The Morgan fingerprint density at radius 3 is 2.40 bits per heavy atom. The SMILES string of the molecule is O=S(=O)(F)C1C=CC=CO1. The zero-order valence-corrected chi connectivity index (χ0v) is 5.71. The van der Waals surface area contributed by atoms with Gasteiger partial charge in [-0.3, -0.25) is 0 Å². The predicted molar refractivity (Wildman–Crippen MR) is 33.2 cm³/mol. The van der Waals surface area contributed by atoms with Crippen LogP contribution in [0.5, 0.6) is 0 Å². The van der Waals surface area contributed by atoms with Gasteiger partial charge >= 0.3 is 10.2 Å². The molecule has 1 aliphatic rings. The minimum Gasteiger partial charge on any atom is -0.475 e. The molecule has 0 aromatic carbocycles. The summed E-state index contributed by atoms with van der Waals surface area (Å²) < 4.78 is 36.7. The van der Waals surface area contributed by atoms with Crippen LogP contribution in [0.3, 0.4) is 0 Å². The Hall–Kier alpha value is -0.840. The first-order valence-corrected chi connectivity index (χ1v) is 3.97. The fourth-order valence-electron chi connectivity index (χ4n) is 0.529. The Labute approximate surface area is 58.0 Å². The van der Waals surface area contributed by atoms with Crippen LogP contribution in [0.1, 0.15) is 0 Å². The van der Waals surface area contributed by atoms with Crippen LogP contribution in [0, 0.1) is 0 Å². The summed E-state index contributed by atoms with van der Waals surface area (Å²) in [4.78, 5) is 0. The Kier molecular flexibility index (Phi) is 1.76. The van der Waals surface area contributed by atoms with Crippen LogP contribution in [0.25, 0.3) is 0 Å². The Bertz CT molecular complexity index is 265. The van der Waals surface area contributed by atoms with Crippen LogP contribution in [-0.4, -0.2) is 13.9 Å². The van der Waals surface area contributed by atoms with E-state index in [1.807, 2.05) is 0 Å². The van der Waals surface area contributed by atoms with Crippen LogP contribution < -0.4 is 0 Å². The zero-order chi connectivity index (χ0) is 7.61. The maximum absolute atomic E-state index is 12.0. The lowest BCUT2D eigenvalue weighted by atomic mass is 10.4. The maximum atomic E-state index is 12.0. The van der Waals surface area contributed by atoms with Gasteiger partial charge in [0.1, 0.15) is 0 Å². The lowest BCUT2D eigenvalue weighted by Gasteiger charge is -2.08. The normalized spacial score (nSPS) is 24.3. The monoisotopic (exact) mass is 164 g/mol. The standard InChI is InChI=1S/C5H5FO3S/c6-10(7,8)5-3-1-2-4-9-5/h1-5H. The van der Waals surface area contributed by atoms with Gasteiger partial charge in [0.25, 0.3) is 0 Å². The molecule has 0 fully saturated rings. The fraction of sp³-hybridized carbons (Fsp3) is 0.200. The van der Waals surface area contributed by atoms with Crippen molar-refractivity contribution in [3.05, 3.63) is 24.5 Å². The van der Waals surface area contributed by atoms with Gasteiger partial charge in [0.05, 0.1) is 6.26 Å². The largest absolute Gasteiger partial charge is 0.475 e. The molecule has 0 radical (unpaired) electrons. The molecule has 10 heavy (non-hydrogen) atoms. The zero-order valence-electron chi connectivity index (χ0n) is 4.90. The quantitative estimate of drug-likeness (QED) is 0.536. The second-order valence-corrected chi connectivity index (χ2v) is 3.11. The minimum atomic E-state index is -4.59.